The Morgan fingerprint density at radius 1 is 1.27 bits per heavy atom. The van der Waals surface area contributed by atoms with Gasteiger partial charge < -0.3 is 5.32 Å². The molecule has 1 amide bonds. The van der Waals surface area contributed by atoms with Gasteiger partial charge in [0.15, 0.2) is 0 Å². The van der Waals surface area contributed by atoms with E-state index >= 15 is 0 Å². The first-order valence-corrected chi connectivity index (χ1v) is 7.07. The summed E-state index contributed by atoms with van der Waals surface area (Å²) in [7, 11) is 0. The molecule has 5 nitrogen and oxygen atoms in total. The van der Waals surface area contributed by atoms with E-state index in [1.807, 2.05) is 13.8 Å². The van der Waals surface area contributed by atoms with Crippen LogP contribution in [-0.2, 0) is 11.3 Å². The number of hydrogen-bond acceptors (Lipinski definition) is 3. The van der Waals surface area contributed by atoms with Crippen LogP contribution in [0.15, 0.2) is 41.2 Å². The summed E-state index contributed by atoms with van der Waals surface area (Å²) >= 11 is 0. The van der Waals surface area contributed by atoms with Gasteiger partial charge in [-0.25, -0.2) is 9.07 Å². The third-order valence-corrected chi connectivity index (χ3v) is 3.02. The van der Waals surface area contributed by atoms with Crippen LogP contribution < -0.4 is 10.9 Å². The van der Waals surface area contributed by atoms with Crippen LogP contribution in [0.1, 0.15) is 13.8 Å². The molecular weight excluding hydrogens is 285 g/mol. The van der Waals surface area contributed by atoms with E-state index in [2.05, 4.69) is 10.4 Å². The van der Waals surface area contributed by atoms with Crippen molar-refractivity contribution >= 4 is 5.91 Å². The minimum atomic E-state index is -0.426. The van der Waals surface area contributed by atoms with Crippen molar-refractivity contribution in [2.45, 2.75) is 20.4 Å². The number of amides is 1. The van der Waals surface area contributed by atoms with E-state index in [1.165, 1.54) is 18.2 Å². The van der Waals surface area contributed by atoms with Gasteiger partial charge >= 0.3 is 0 Å². The van der Waals surface area contributed by atoms with Crippen molar-refractivity contribution in [3.63, 3.8) is 0 Å². The number of carbonyl (C=O) groups is 1. The first-order chi connectivity index (χ1) is 10.5. The van der Waals surface area contributed by atoms with Gasteiger partial charge in [-0.05, 0) is 24.1 Å². The number of rotatable bonds is 5. The van der Waals surface area contributed by atoms with Crippen LogP contribution in [0.3, 0.4) is 0 Å². The lowest BCUT2D eigenvalue weighted by molar-refractivity contribution is -0.122. The Balaban J connectivity index is 2.23. The lowest BCUT2D eigenvalue weighted by Crippen LogP contribution is -2.35. The Kier molecular flexibility index (Phi) is 5.04. The summed E-state index contributed by atoms with van der Waals surface area (Å²) in [6, 6.07) is 8.89. The number of hydrogen-bond donors (Lipinski definition) is 1. The molecular formula is C16H18FN3O2. The zero-order valence-electron chi connectivity index (χ0n) is 12.5. The van der Waals surface area contributed by atoms with E-state index in [-0.39, 0.29) is 12.5 Å². The fourth-order valence-corrected chi connectivity index (χ4v) is 1.88. The van der Waals surface area contributed by atoms with Gasteiger partial charge in [0, 0.05) is 18.2 Å². The van der Waals surface area contributed by atoms with Crippen LogP contribution >= 0.6 is 0 Å². The van der Waals surface area contributed by atoms with E-state index in [0.717, 1.165) is 4.68 Å². The van der Waals surface area contributed by atoms with Crippen molar-refractivity contribution in [2.24, 2.45) is 5.92 Å². The standard InChI is InChI=1S/C16H18FN3O2/c1-11(2)9-18-15(21)10-20-16(22)8-7-14(19-20)12-5-3-4-6-13(12)17/h3-8,11H,9-10H2,1-2H3,(H,18,21). The van der Waals surface area contributed by atoms with E-state index in [4.69, 9.17) is 0 Å². The molecule has 22 heavy (non-hydrogen) atoms. The summed E-state index contributed by atoms with van der Waals surface area (Å²) < 4.78 is 14.8. The van der Waals surface area contributed by atoms with Crippen molar-refractivity contribution in [1.29, 1.82) is 0 Å². The fourth-order valence-electron chi connectivity index (χ4n) is 1.88. The molecule has 0 aliphatic heterocycles. The van der Waals surface area contributed by atoms with E-state index < -0.39 is 11.4 Å². The number of aromatic nitrogens is 2. The molecule has 0 fully saturated rings. The molecule has 0 aliphatic carbocycles. The topological polar surface area (TPSA) is 64.0 Å². The zero-order chi connectivity index (χ0) is 16.1. The second kappa shape index (κ2) is 6.98. The van der Waals surface area contributed by atoms with Gasteiger partial charge in [0.1, 0.15) is 12.4 Å². The van der Waals surface area contributed by atoms with E-state index in [1.54, 1.807) is 18.2 Å². The smallest absolute Gasteiger partial charge is 0.267 e. The fraction of sp³-hybridized carbons (Fsp3) is 0.312. The van der Waals surface area contributed by atoms with Crippen molar-refractivity contribution in [2.75, 3.05) is 6.54 Å². The van der Waals surface area contributed by atoms with Crippen LogP contribution in [0.5, 0.6) is 0 Å². The quantitative estimate of drug-likeness (QED) is 0.916. The predicted octanol–water partition coefficient (Wildman–Crippen LogP) is 1.82. The Morgan fingerprint density at radius 2 is 2.00 bits per heavy atom. The molecule has 1 N–H and O–H groups in total. The lowest BCUT2D eigenvalue weighted by atomic mass is 10.1. The number of benzene rings is 1. The van der Waals surface area contributed by atoms with Crippen LogP contribution in [0, 0.1) is 11.7 Å². The largest absolute Gasteiger partial charge is 0.354 e. The van der Waals surface area contributed by atoms with Gasteiger partial charge in [-0.2, -0.15) is 5.10 Å². The molecule has 0 unspecified atom stereocenters. The molecule has 0 spiro atoms. The number of nitrogens with zero attached hydrogens (tertiary/aromatic N) is 2. The van der Waals surface area contributed by atoms with Crippen molar-refractivity contribution in [3.05, 3.63) is 52.6 Å². The van der Waals surface area contributed by atoms with Crippen LogP contribution in [0.2, 0.25) is 0 Å². The zero-order valence-corrected chi connectivity index (χ0v) is 12.5. The number of halogens is 1. The Labute approximate surface area is 127 Å². The molecule has 0 bridgehead atoms. The highest BCUT2D eigenvalue weighted by Crippen LogP contribution is 2.18. The summed E-state index contributed by atoms with van der Waals surface area (Å²) in [6.45, 7) is 4.29. The van der Waals surface area contributed by atoms with Crippen LogP contribution in [0.4, 0.5) is 4.39 Å². The third kappa shape index (κ3) is 4.00. The molecule has 0 saturated carbocycles. The molecule has 0 aliphatic rings. The Morgan fingerprint density at radius 3 is 2.68 bits per heavy atom. The maximum atomic E-state index is 13.8. The van der Waals surface area contributed by atoms with Gasteiger partial charge in [-0.3, -0.25) is 9.59 Å². The molecule has 0 saturated heterocycles. The molecule has 116 valence electrons. The molecule has 1 aromatic carbocycles. The maximum Gasteiger partial charge on any atom is 0.267 e. The van der Waals surface area contributed by atoms with Gasteiger partial charge in [-0.15, -0.1) is 0 Å². The number of carbonyl (C=O) groups excluding carboxylic acids is 1. The first-order valence-electron chi connectivity index (χ1n) is 7.07. The average molecular weight is 303 g/mol. The van der Waals surface area contributed by atoms with Gasteiger partial charge in [0.05, 0.1) is 5.69 Å². The highest BCUT2D eigenvalue weighted by molar-refractivity contribution is 5.75. The monoisotopic (exact) mass is 303 g/mol. The summed E-state index contributed by atoms with van der Waals surface area (Å²) in [4.78, 5) is 23.6. The molecule has 2 aromatic rings. The SMILES string of the molecule is CC(C)CNC(=O)Cn1nc(-c2ccccc2F)ccc1=O. The van der Waals surface area contributed by atoms with Crippen LogP contribution in [-0.4, -0.2) is 22.2 Å². The predicted molar refractivity (Wildman–Crippen MR) is 81.7 cm³/mol. The normalized spacial score (nSPS) is 10.7. The lowest BCUT2D eigenvalue weighted by Gasteiger charge is -2.10. The Hall–Kier alpha value is -2.50. The van der Waals surface area contributed by atoms with Gasteiger partial charge in [0.25, 0.3) is 5.56 Å². The van der Waals surface area contributed by atoms with Gasteiger partial charge in [0.2, 0.25) is 5.91 Å². The molecule has 0 atom stereocenters. The minimum Gasteiger partial charge on any atom is -0.354 e. The second-order valence-corrected chi connectivity index (χ2v) is 5.39. The highest BCUT2D eigenvalue weighted by Gasteiger charge is 2.10. The van der Waals surface area contributed by atoms with E-state index in [9.17, 15) is 14.0 Å². The summed E-state index contributed by atoms with van der Waals surface area (Å²) in [5.74, 6) is -0.406. The molecule has 2 rings (SSSR count). The average Bonchev–Trinajstić information content (AvgIpc) is 2.48. The first kappa shape index (κ1) is 15.9. The number of nitrogens with one attached hydrogen (secondary N) is 1. The second-order valence-electron chi connectivity index (χ2n) is 5.39. The summed E-state index contributed by atoms with van der Waals surface area (Å²) in [5.41, 5.74) is 0.202. The van der Waals surface area contributed by atoms with Crippen LogP contribution in [0.25, 0.3) is 11.3 Å². The summed E-state index contributed by atoms with van der Waals surface area (Å²) in [6.07, 6.45) is 0. The van der Waals surface area contributed by atoms with Gasteiger partial charge in [-0.1, -0.05) is 26.0 Å². The Bertz CT molecular complexity index is 725. The minimum absolute atomic E-state index is 0.187. The summed E-state index contributed by atoms with van der Waals surface area (Å²) in [5, 5.41) is 6.79. The highest BCUT2D eigenvalue weighted by atomic mass is 19.1. The molecule has 6 heteroatoms. The molecule has 0 radical (unpaired) electrons. The third-order valence-electron chi connectivity index (χ3n) is 3.02. The molecule has 1 aromatic heterocycles. The maximum absolute atomic E-state index is 13.8. The van der Waals surface area contributed by atoms with Crippen molar-refractivity contribution in [3.8, 4) is 11.3 Å². The van der Waals surface area contributed by atoms with Crippen molar-refractivity contribution < 1.29 is 9.18 Å². The molecule has 1 heterocycles. The van der Waals surface area contributed by atoms with E-state index in [0.29, 0.717) is 23.7 Å². The van der Waals surface area contributed by atoms with Crippen molar-refractivity contribution in [1.82, 2.24) is 15.1 Å².